The second-order valence-corrected chi connectivity index (χ2v) is 6.47. The minimum atomic E-state index is -0.474. The van der Waals surface area contributed by atoms with Gasteiger partial charge in [0, 0.05) is 12.4 Å². The first-order valence-electron chi connectivity index (χ1n) is 6.82. The molecule has 2 N–H and O–H groups in total. The molecule has 2 amide bonds. The number of thioether (sulfide) groups is 1. The number of nitrogens with one attached hydrogen (secondary N) is 1. The number of amides is 2. The second kappa shape index (κ2) is 6.81. The van der Waals surface area contributed by atoms with Crippen molar-refractivity contribution in [3.8, 4) is 5.75 Å². The zero-order valence-electron chi connectivity index (χ0n) is 12.2. The van der Waals surface area contributed by atoms with E-state index in [-0.39, 0.29) is 10.1 Å². The van der Waals surface area contributed by atoms with E-state index in [1.807, 2.05) is 0 Å². The van der Waals surface area contributed by atoms with Gasteiger partial charge < -0.3 is 5.11 Å². The van der Waals surface area contributed by atoms with Crippen molar-refractivity contribution >= 4 is 46.2 Å². The van der Waals surface area contributed by atoms with Gasteiger partial charge in [-0.1, -0.05) is 23.9 Å². The fourth-order valence-electron chi connectivity index (χ4n) is 1.99. The van der Waals surface area contributed by atoms with E-state index in [2.05, 4.69) is 10.4 Å². The number of hydrogen-bond donors (Lipinski definition) is 2. The highest BCUT2D eigenvalue weighted by Crippen LogP contribution is 2.31. The summed E-state index contributed by atoms with van der Waals surface area (Å²) in [6.07, 6.45) is 4.55. The zero-order chi connectivity index (χ0) is 17.1. The molecule has 1 aromatic heterocycles. The molecular formula is C16H11N3O3S2. The molecule has 1 fully saturated rings. The Hall–Kier alpha value is -2.71. The lowest BCUT2D eigenvalue weighted by Gasteiger charge is -2.15. The molecule has 0 atom stereocenters. The molecule has 6 nitrogen and oxygen atoms in total. The highest BCUT2D eigenvalue weighted by Gasteiger charge is 2.33. The number of hydrazine groups is 1. The highest BCUT2D eigenvalue weighted by atomic mass is 32.2. The summed E-state index contributed by atoms with van der Waals surface area (Å²) in [5.41, 5.74) is 3.46. The Kier molecular flexibility index (Phi) is 4.59. The lowest BCUT2D eigenvalue weighted by Crippen LogP contribution is -2.44. The van der Waals surface area contributed by atoms with E-state index < -0.39 is 11.8 Å². The Morgan fingerprint density at radius 3 is 2.88 bits per heavy atom. The minimum absolute atomic E-state index is 0.101. The van der Waals surface area contributed by atoms with Crippen molar-refractivity contribution in [2.45, 2.75) is 0 Å². The Bertz CT molecular complexity index is 853. The van der Waals surface area contributed by atoms with Crippen LogP contribution in [-0.2, 0) is 4.79 Å². The first-order valence-corrected chi connectivity index (χ1v) is 8.05. The van der Waals surface area contributed by atoms with Crippen LogP contribution in [0.2, 0.25) is 0 Å². The van der Waals surface area contributed by atoms with Crippen LogP contribution in [0.15, 0.2) is 53.7 Å². The van der Waals surface area contributed by atoms with Crippen molar-refractivity contribution in [1.82, 2.24) is 15.4 Å². The molecule has 0 saturated carbocycles. The van der Waals surface area contributed by atoms with E-state index in [9.17, 15) is 14.7 Å². The molecule has 120 valence electrons. The summed E-state index contributed by atoms with van der Waals surface area (Å²) in [7, 11) is 0. The zero-order valence-corrected chi connectivity index (χ0v) is 13.8. The topological polar surface area (TPSA) is 82.5 Å². The molecule has 0 aliphatic carbocycles. The number of aromatic nitrogens is 1. The average Bonchev–Trinajstić information content (AvgIpc) is 2.83. The van der Waals surface area contributed by atoms with Crippen LogP contribution in [0.4, 0.5) is 0 Å². The van der Waals surface area contributed by atoms with E-state index in [1.54, 1.807) is 36.5 Å². The van der Waals surface area contributed by atoms with E-state index >= 15 is 0 Å². The predicted octanol–water partition coefficient (Wildman–Crippen LogP) is 2.33. The molecule has 3 rings (SSSR count). The summed E-state index contributed by atoms with van der Waals surface area (Å²) in [5, 5.41) is 10.5. The standard InChI is InChI=1S/C16H11N3O3S2/c20-12-5-1-3-10(7-12)8-13-15(22)19(16(23)24-13)18-14(21)11-4-2-6-17-9-11/h1-9,20H,(H,18,21)/b13-8+. The Balaban J connectivity index is 1.78. The second-order valence-electron chi connectivity index (χ2n) is 4.79. The van der Waals surface area contributed by atoms with Crippen LogP contribution in [0.5, 0.6) is 5.75 Å². The van der Waals surface area contributed by atoms with Crippen LogP contribution in [-0.4, -0.2) is 31.2 Å². The van der Waals surface area contributed by atoms with E-state index in [4.69, 9.17) is 12.2 Å². The molecule has 0 radical (unpaired) electrons. The van der Waals surface area contributed by atoms with Crippen LogP contribution in [0.25, 0.3) is 6.08 Å². The SMILES string of the molecule is O=C(NN1C(=O)/C(=C\c2cccc(O)c2)SC1=S)c1cccnc1. The Morgan fingerprint density at radius 2 is 2.17 bits per heavy atom. The van der Waals surface area contributed by atoms with Gasteiger partial charge in [0.1, 0.15) is 5.75 Å². The number of aromatic hydroxyl groups is 1. The van der Waals surface area contributed by atoms with E-state index in [0.717, 1.165) is 16.8 Å². The lowest BCUT2D eigenvalue weighted by atomic mass is 10.2. The van der Waals surface area contributed by atoms with Crippen molar-refractivity contribution in [1.29, 1.82) is 0 Å². The van der Waals surface area contributed by atoms with Gasteiger partial charge in [-0.15, -0.1) is 0 Å². The van der Waals surface area contributed by atoms with Gasteiger partial charge in [0.15, 0.2) is 4.32 Å². The number of carbonyl (C=O) groups is 2. The Labute approximate surface area is 147 Å². The van der Waals surface area contributed by atoms with E-state index in [0.29, 0.717) is 16.0 Å². The summed E-state index contributed by atoms with van der Waals surface area (Å²) in [6, 6.07) is 9.70. The quantitative estimate of drug-likeness (QED) is 0.648. The number of phenols is 1. The molecule has 0 spiro atoms. The molecule has 2 heterocycles. The summed E-state index contributed by atoms with van der Waals surface area (Å²) >= 11 is 6.23. The van der Waals surface area contributed by atoms with Gasteiger partial charge in [-0.05, 0) is 48.1 Å². The molecule has 8 heteroatoms. The number of pyridine rings is 1. The minimum Gasteiger partial charge on any atom is -0.508 e. The maximum absolute atomic E-state index is 12.4. The lowest BCUT2D eigenvalue weighted by molar-refractivity contribution is -0.123. The van der Waals surface area contributed by atoms with Crippen LogP contribution < -0.4 is 5.43 Å². The van der Waals surface area contributed by atoms with Crippen molar-refractivity contribution < 1.29 is 14.7 Å². The maximum atomic E-state index is 12.4. The highest BCUT2D eigenvalue weighted by molar-refractivity contribution is 8.26. The number of hydrogen-bond acceptors (Lipinski definition) is 6. The molecule has 0 bridgehead atoms. The third-order valence-electron chi connectivity index (χ3n) is 3.10. The number of nitrogens with zero attached hydrogens (tertiary/aromatic N) is 2. The average molecular weight is 357 g/mol. The summed E-state index contributed by atoms with van der Waals surface area (Å²) < 4.78 is 0.226. The number of phenolic OH excluding ortho intramolecular Hbond substituents is 1. The Morgan fingerprint density at radius 1 is 1.33 bits per heavy atom. The van der Waals surface area contributed by atoms with Gasteiger partial charge >= 0.3 is 0 Å². The summed E-state index contributed by atoms with van der Waals surface area (Å²) in [6.45, 7) is 0. The summed E-state index contributed by atoms with van der Waals surface area (Å²) in [4.78, 5) is 28.8. The van der Waals surface area contributed by atoms with Crippen molar-refractivity contribution in [2.75, 3.05) is 0 Å². The largest absolute Gasteiger partial charge is 0.508 e. The van der Waals surface area contributed by atoms with Crippen LogP contribution in [0.1, 0.15) is 15.9 Å². The molecular weight excluding hydrogens is 346 g/mol. The monoisotopic (exact) mass is 357 g/mol. The molecule has 1 aliphatic heterocycles. The van der Waals surface area contributed by atoms with Gasteiger partial charge in [0.2, 0.25) is 0 Å². The third-order valence-corrected chi connectivity index (χ3v) is 4.40. The van der Waals surface area contributed by atoms with Gasteiger partial charge in [0.05, 0.1) is 10.5 Å². The van der Waals surface area contributed by atoms with E-state index in [1.165, 1.54) is 18.3 Å². The van der Waals surface area contributed by atoms with Crippen molar-refractivity contribution in [3.63, 3.8) is 0 Å². The van der Waals surface area contributed by atoms with Gasteiger partial charge in [-0.25, -0.2) is 0 Å². The molecule has 2 aromatic rings. The normalized spacial score (nSPS) is 15.8. The predicted molar refractivity (Wildman–Crippen MR) is 94.8 cm³/mol. The first kappa shape index (κ1) is 16.2. The van der Waals surface area contributed by atoms with Crippen molar-refractivity contribution in [3.05, 3.63) is 64.8 Å². The van der Waals surface area contributed by atoms with Gasteiger partial charge in [-0.3, -0.25) is 20.0 Å². The number of carbonyl (C=O) groups excluding carboxylic acids is 2. The number of thiocarbonyl (C=S) groups is 1. The molecule has 24 heavy (non-hydrogen) atoms. The van der Waals surface area contributed by atoms with Crippen LogP contribution >= 0.6 is 24.0 Å². The molecule has 1 aliphatic rings. The van der Waals surface area contributed by atoms with Crippen molar-refractivity contribution in [2.24, 2.45) is 0 Å². The fraction of sp³-hybridized carbons (Fsp3) is 0. The van der Waals surface area contributed by atoms with Crippen LogP contribution in [0, 0.1) is 0 Å². The number of benzene rings is 1. The summed E-state index contributed by atoms with van der Waals surface area (Å²) in [5.74, 6) is -0.798. The smallest absolute Gasteiger partial charge is 0.285 e. The number of rotatable bonds is 3. The fourth-order valence-corrected chi connectivity index (χ4v) is 3.17. The van der Waals surface area contributed by atoms with Gasteiger partial charge in [0.25, 0.3) is 11.8 Å². The van der Waals surface area contributed by atoms with Crippen LogP contribution in [0.3, 0.4) is 0 Å². The molecule has 1 saturated heterocycles. The molecule has 0 unspecified atom stereocenters. The third kappa shape index (κ3) is 3.44. The first-order chi connectivity index (χ1) is 11.5. The maximum Gasteiger partial charge on any atom is 0.285 e. The molecule has 1 aromatic carbocycles. The van der Waals surface area contributed by atoms with Gasteiger partial charge in [-0.2, -0.15) is 5.01 Å².